The van der Waals surface area contributed by atoms with Gasteiger partial charge in [0.25, 0.3) is 0 Å². The van der Waals surface area contributed by atoms with Crippen molar-refractivity contribution in [3.63, 3.8) is 0 Å². The lowest BCUT2D eigenvalue weighted by molar-refractivity contribution is -0.116. The molecule has 136 valence electrons. The summed E-state index contributed by atoms with van der Waals surface area (Å²) >= 11 is 0. The topological polar surface area (TPSA) is 75.7 Å². The average molecular weight is 356 g/mol. The second-order valence-electron chi connectivity index (χ2n) is 6.10. The molecule has 0 heterocycles. The van der Waals surface area contributed by atoms with E-state index in [9.17, 15) is 13.2 Å². The number of nitrogens with one attached hydrogen (secondary N) is 1. The number of carbonyl (C=O) groups excluding carboxylic acids is 1. The molecule has 0 aromatic heterocycles. The van der Waals surface area contributed by atoms with Crippen LogP contribution in [0, 0.1) is 5.92 Å². The van der Waals surface area contributed by atoms with Gasteiger partial charge in [-0.2, -0.15) is 0 Å². The number of carbonyl (C=O) groups is 1. The third-order valence-corrected chi connectivity index (χ3v) is 4.77. The molecule has 0 radical (unpaired) electrons. The predicted octanol–water partition coefficient (Wildman–Crippen LogP) is 2.72. The van der Waals surface area contributed by atoms with Crippen LogP contribution in [0.5, 0.6) is 5.75 Å². The first-order valence-corrected chi connectivity index (χ1v) is 10.0. The Balaban J connectivity index is 2.53. The van der Waals surface area contributed by atoms with E-state index in [2.05, 4.69) is 5.32 Å². The highest BCUT2D eigenvalue weighted by Gasteiger charge is 2.18. The average Bonchev–Trinajstić information content (AvgIpc) is 2.47. The van der Waals surface area contributed by atoms with Crippen molar-refractivity contribution in [2.75, 3.05) is 31.3 Å². The lowest BCUT2D eigenvalue weighted by Gasteiger charge is -2.20. The summed E-state index contributed by atoms with van der Waals surface area (Å²) in [6, 6.07) is 7.08. The number of benzene rings is 1. The zero-order valence-corrected chi connectivity index (χ0v) is 15.7. The number of hydrogen-bond donors (Lipinski definition) is 1. The second-order valence-corrected chi connectivity index (χ2v) is 8.08. The Kier molecular flexibility index (Phi) is 8.21. The maximum atomic E-state index is 12.0. The highest BCUT2D eigenvalue weighted by atomic mass is 32.2. The summed E-state index contributed by atoms with van der Waals surface area (Å²) in [5.74, 6) is 0.941. The SMILES string of the molecule is CCOc1ccc(NC(=O)CCN(CCC(C)C)S(C)(=O)=O)cc1. The first-order valence-electron chi connectivity index (χ1n) is 8.20. The molecule has 0 saturated heterocycles. The standard InChI is InChI=1S/C17H28N2O4S/c1-5-23-16-8-6-15(7-9-16)18-17(20)11-13-19(24(4,21)22)12-10-14(2)3/h6-9,14H,5,10-13H2,1-4H3,(H,18,20). The van der Waals surface area contributed by atoms with Crippen LogP contribution in [-0.2, 0) is 14.8 Å². The zero-order chi connectivity index (χ0) is 18.2. The fraction of sp³-hybridized carbons (Fsp3) is 0.588. The molecule has 0 aliphatic carbocycles. The molecule has 0 fully saturated rings. The Hall–Kier alpha value is -1.60. The van der Waals surface area contributed by atoms with Crippen LogP contribution in [0.3, 0.4) is 0 Å². The van der Waals surface area contributed by atoms with E-state index in [0.29, 0.717) is 24.8 Å². The number of rotatable bonds is 10. The first kappa shape index (κ1) is 20.4. The maximum Gasteiger partial charge on any atom is 0.225 e. The van der Waals surface area contributed by atoms with E-state index < -0.39 is 10.0 Å². The smallest absolute Gasteiger partial charge is 0.225 e. The Bertz CT molecular complexity index is 612. The summed E-state index contributed by atoms with van der Waals surface area (Å²) in [6.45, 7) is 7.20. The molecule has 0 atom stereocenters. The van der Waals surface area contributed by atoms with E-state index in [1.807, 2.05) is 20.8 Å². The Morgan fingerprint density at radius 3 is 2.33 bits per heavy atom. The first-order chi connectivity index (χ1) is 11.2. The number of amides is 1. The van der Waals surface area contributed by atoms with Crippen molar-refractivity contribution in [2.45, 2.75) is 33.6 Å². The van der Waals surface area contributed by atoms with Gasteiger partial charge in [-0.05, 0) is 43.5 Å². The molecular formula is C17H28N2O4S. The Labute approximate surface area is 145 Å². The van der Waals surface area contributed by atoms with Crippen molar-refractivity contribution < 1.29 is 17.9 Å². The van der Waals surface area contributed by atoms with Crippen molar-refractivity contribution >= 4 is 21.6 Å². The minimum absolute atomic E-state index is 0.123. The molecule has 0 aliphatic rings. The molecule has 7 heteroatoms. The molecule has 24 heavy (non-hydrogen) atoms. The largest absolute Gasteiger partial charge is 0.494 e. The van der Waals surface area contributed by atoms with Gasteiger partial charge in [0.05, 0.1) is 12.9 Å². The van der Waals surface area contributed by atoms with Gasteiger partial charge in [-0.3, -0.25) is 4.79 Å². The summed E-state index contributed by atoms with van der Waals surface area (Å²) in [5, 5.41) is 2.77. The second kappa shape index (κ2) is 9.64. The number of ether oxygens (including phenoxy) is 1. The zero-order valence-electron chi connectivity index (χ0n) is 14.9. The molecule has 1 rings (SSSR count). The van der Waals surface area contributed by atoms with E-state index in [0.717, 1.165) is 12.2 Å². The van der Waals surface area contributed by atoms with Crippen molar-refractivity contribution in [1.29, 1.82) is 0 Å². The van der Waals surface area contributed by atoms with Crippen LogP contribution in [0.25, 0.3) is 0 Å². The van der Waals surface area contributed by atoms with Gasteiger partial charge in [-0.25, -0.2) is 12.7 Å². The van der Waals surface area contributed by atoms with Crippen LogP contribution in [0.4, 0.5) is 5.69 Å². The normalized spacial score (nSPS) is 11.8. The summed E-state index contributed by atoms with van der Waals surface area (Å²) in [5.41, 5.74) is 0.663. The van der Waals surface area contributed by atoms with Crippen LogP contribution in [0.1, 0.15) is 33.6 Å². The molecule has 1 aromatic rings. The third kappa shape index (κ3) is 7.79. The minimum atomic E-state index is -3.30. The fourth-order valence-corrected chi connectivity index (χ4v) is 2.96. The Morgan fingerprint density at radius 1 is 1.21 bits per heavy atom. The lowest BCUT2D eigenvalue weighted by Crippen LogP contribution is -2.34. The van der Waals surface area contributed by atoms with E-state index in [-0.39, 0.29) is 18.9 Å². The van der Waals surface area contributed by atoms with E-state index in [1.165, 1.54) is 10.6 Å². The van der Waals surface area contributed by atoms with Crippen LogP contribution in [-0.4, -0.2) is 44.6 Å². The van der Waals surface area contributed by atoms with Gasteiger partial charge in [0.2, 0.25) is 15.9 Å². The van der Waals surface area contributed by atoms with E-state index in [4.69, 9.17) is 4.74 Å². The number of sulfonamides is 1. The monoisotopic (exact) mass is 356 g/mol. The van der Waals surface area contributed by atoms with Gasteiger partial charge in [0.1, 0.15) is 5.75 Å². The van der Waals surface area contributed by atoms with E-state index in [1.54, 1.807) is 24.3 Å². The molecular weight excluding hydrogens is 328 g/mol. The summed E-state index contributed by atoms with van der Waals surface area (Å²) < 4.78 is 30.3. The van der Waals surface area contributed by atoms with Gasteiger partial charge < -0.3 is 10.1 Å². The highest BCUT2D eigenvalue weighted by molar-refractivity contribution is 7.88. The van der Waals surface area contributed by atoms with Gasteiger partial charge >= 0.3 is 0 Å². The molecule has 0 aliphatic heterocycles. The van der Waals surface area contributed by atoms with Crippen LogP contribution >= 0.6 is 0 Å². The number of hydrogen-bond acceptors (Lipinski definition) is 4. The lowest BCUT2D eigenvalue weighted by atomic mass is 10.1. The maximum absolute atomic E-state index is 12.0. The van der Waals surface area contributed by atoms with E-state index >= 15 is 0 Å². The quantitative estimate of drug-likeness (QED) is 0.699. The molecule has 1 aromatic carbocycles. The number of anilines is 1. The van der Waals surface area contributed by atoms with Crippen LogP contribution in [0.15, 0.2) is 24.3 Å². The van der Waals surface area contributed by atoms with Crippen molar-refractivity contribution in [3.8, 4) is 5.75 Å². The molecule has 0 bridgehead atoms. The van der Waals surface area contributed by atoms with Crippen molar-refractivity contribution in [1.82, 2.24) is 4.31 Å². The fourth-order valence-electron chi connectivity index (χ4n) is 2.10. The molecule has 0 saturated carbocycles. The molecule has 0 spiro atoms. The van der Waals surface area contributed by atoms with Gasteiger partial charge in [0.15, 0.2) is 0 Å². The highest BCUT2D eigenvalue weighted by Crippen LogP contribution is 2.16. The van der Waals surface area contributed by atoms with Crippen LogP contribution < -0.4 is 10.1 Å². The Morgan fingerprint density at radius 2 is 1.83 bits per heavy atom. The van der Waals surface area contributed by atoms with Gasteiger partial charge in [-0.15, -0.1) is 0 Å². The molecule has 6 nitrogen and oxygen atoms in total. The van der Waals surface area contributed by atoms with Crippen molar-refractivity contribution in [3.05, 3.63) is 24.3 Å². The van der Waals surface area contributed by atoms with Crippen molar-refractivity contribution in [2.24, 2.45) is 5.92 Å². The van der Waals surface area contributed by atoms with Gasteiger partial charge in [-0.1, -0.05) is 13.8 Å². The summed E-state index contributed by atoms with van der Waals surface area (Å²) in [6.07, 6.45) is 2.07. The molecule has 1 N–H and O–H groups in total. The minimum Gasteiger partial charge on any atom is -0.494 e. The number of nitrogens with zero attached hydrogens (tertiary/aromatic N) is 1. The summed E-state index contributed by atoms with van der Waals surface area (Å²) in [7, 11) is -3.30. The molecule has 1 amide bonds. The van der Waals surface area contributed by atoms with Gasteiger partial charge in [0, 0.05) is 25.2 Å². The predicted molar refractivity (Wildman–Crippen MR) is 96.7 cm³/mol. The summed E-state index contributed by atoms with van der Waals surface area (Å²) in [4.78, 5) is 12.0. The van der Waals surface area contributed by atoms with Crippen LogP contribution in [0.2, 0.25) is 0 Å². The third-order valence-electron chi connectivity index (χ3n) is 3.46. The molecule has 0 unspecified atom stereocenters.